The summed E-state index contributed by atoms with van der Waals surface area (Å²) in [4.78, 5) is 2.43. The van der Waals surface area contributed by atoms with Gasteiger partial charge in [-0.15, -0.1) is 0 Å². The summed E-state index contributed by atoms with van der Waals surface area (Å²) >= 11 is 0. The number of aryl methyl sites for hydroxylation is 2. The van der Waals surface area contributed by atoms with Gasteiger partial charge < -0.3 is 4.90 Å². The number of fused-ring (bicyclic) bond motifs is 4. The lowest BCUT2D eigenvalue weighted by molar-refractivity contribution is 1.29. The van der Waals surface area contributed by atoms with Crippen molar-refractivity contribution in [1.29, 1.82) is 0 Å². The third-order valence-corrected chi connectivity index (χ3v) is 12.6. The standard InChI is InChI=1S/C62H45N/c1-42-24-28-44(29-25-42)30-31-51-40-58(49-34-32-45-14-6-8-16-47(45)38-49)61(56-22-12-10-20-54(51)56)62-57-23-13-11-21-55(57)60(41-59(62)50-35-33-46-15-7-9-17-48(46)39-50)63(52-18-4-3-5-19-52)53-36-26-43(2)27-37-53/h3-41H,1-2H3. The zero-order valence-corrected chi connectivity index (χ0v) is 35.5. The molecule has 1 heteroatoms. The third-order valence-electron chi connectivity index (χ3n) is 12.6. The molecule has 0 aromatic heterocycles. The van der Waals surface area contributed by atoms with E-state index in [1.54, 1.807) is 0 Å². The molecule has 11 rings (SSSR count). The van der Waals surface area contributed by atoms with E-state index in [9.17, 15) is 0 Å². The minimum atomic E-state index is 1.11. The zero-order chi connectivity index (χ0) is 42.3. The molecule has 0 aliphatic rings. The molecule has 0 bridgehead atoms. The quantitative estimate of drug-likeness (QED) is 0.138. The first-order chi connectivity index (χ1) is 31.1. The van der Waals surface area contributed by atoms with Gasteiger partial charge in [0.15, 0.2) is 0 Å². The van der Waals surface area contributed by atoms with E-state index >= 15 is 0 Å². The van der Waals surface area contributed by atoms with Gasteiger partial charge in [0.25, 0.3) is 0 Å². The summed E-state index contributed by atoms with van der Waals surface area (Å²) in [6, 6.07) is 82.7. The van der Waals surface area contributed by atoms with Crippen molar-refractivity contribution in [3.63, 3.8) is 0 Å². The monoisotopic (exact) mass is 803 g/mol. The van der Waals surface area contributed by atoms with Crippen LogP contribution in [0.25, 0.3) is 88.6 Å². The van der Waals surface area contributed by atoms with E-state index in [-0.39, 0.29) is 0 Å². The minimum Gasteiger partial charge on any atom is -0.310 e. The molecule has 0 unspecified atom stereocenters. The second kappa shape index (κ2) is 16.1. The van der Waals surface area contributed by atoms with E-state index in [0.29, 0.717) is 0 Å². The fourth-order valence-electron chi connectivity index (χ4n) is 9.35. The summed E-state index contributed by atoms with van der Waals surface area (Å²) in [7, 11) is 0. The lowest BCUT2D eigenvalue weighted by Gasteiger charge is -2.29. The van der Waals surface area contributed by atoms with Gasteiger partial charge in [0.05, 0.1) is 5.69 Å². The van der Waals surface area contributed by atoms with Gasteiger partial charge in [0.1, 0.15) is 0 Å². The summed E-state index contributed by atoms with van der Waals surface area (Å²) in [5.41, 5.74) is 15.4. The van der Waals surface area contributed by atoms with Crippen LogP contribution >= 0.6 is 0 Å². The SMILES string of the molecule is Cc1ccc(C=Cc2cc(-c3ccc4ccccc4c3)c(-c3c(-c4ccc5ccccc5c4)cc(N(c4ccccc4)c4ccc(C)cc4)c4ccccc34)c3ccccc23)cc1. The molecular weight excluding hydrogens is 759 g/mol. The van der Waals surface area contributed by atoms with Crippen molar-refractivity contribution in [1.82, 2.24) is 0 Å². The van der Waals surface area contributed by atoms with E-state index < -0.39 is 0 Å². The Balaban J connectivity index is 1.28. The molecule has 0 radical (unpaired) electrons. The molecule has 298 valence electrons. The number of para-hydroxylation sites is 1. The summed E-state index contributed by atoms with van der Waals surface area (Å²) in [6.45, 7) is 4.29. The largest absolute Gasteiger partial charge is 0.310 e. The molecule has 11 aromatic rings. The molecule has 11 aromatic carbocycles. The minimum absolute atomic E-state index is 1.11. The smallest absolute Gasteiger partial charge is 0.0546 e. The first-order valence-electron chi connectivity index (χ1n) is 21.8. The Labute approximate surface area is 369 Å². The molecule has 1 nitrogen and oxygen atoms in total. The summed E-state index contributed by atoms with van der Waals surface area (Å²) < 4.78 is 0. The average Bonchev–Trinajstić information content (AvgIpc) is 3.34. The van der Waals surface area contributed by atoms with E-state index in [1.807, 2.05) is 0 Å². The maximum atomic E-state index is 2.46. The lowest BCUT2D eigenvalue weighted by atomic mass is 9.81. The Morgan fingerprint density at radius 1 is 0.333 bits per heavy atom. The van der Waals surface area contributed by atoms with Crippen LogP contribution in [0.3, 0.4) is 0 Å². The first kappa shape index (κ1) is 38.0. The molecule has 0 N–H and O–H groups in total. The van der Waals surface area contributed by atoms with Crippen LogP contribution in [-0.2, 0) is 0 Å². The van der Waals surface area contributed by atoms with E-state index in [2.05, 4.69) is 255 Å². The number of rotatable bonds is 8. The van der Waals surface area contributed by atoms with Gasteiger partial charge >= 0.3 is 0 Å². The number of anilines is 3. The van der Waals surface area contributed by atoms with E-state index in [1.165, 1.54) is 98.7 Å². The number of hydrogen-bond donors (Lipinski definition) is 0. The van der Waals surface area contributed by atoms with Gasteiger partial charge in [0.2, 0.25) is 0 Å². The van der Waals surface area contributed by atoms with Crippen LogP contribution in [0.2, 0.25) is 0 Å². The highest BCUT2D eigenvalue weighted by Gasteiger charge is 2.25. The predicted molar refractivity (Wildman–Crippen MR) is 272 cm³/mol. The third kappa shape index (κ3) is 7.14. The van der Waals surface area contributed by atoms with Gasteiger partial charge in [-0.1, -0.05) is 199 Å². The Bertz CT molecular complexity index is 3500. The molecule has 0 amide bonds. The molecule has 0 aliphatic heterocycles. The molecule has 0 aliphatic carbocycles. The van der Waals surface area contributed by atoms with Crippen LogP contribution in [0.1, 0.15) is 22.3 Å². The summed E-state index contributed by atoms with van der Waals surface area (Å²) in [6.07, 6.45) is 4.55. The van der Waals surface area contributed by atoms with E-state index in [4.69, 9.17) is 0 Å². The van der Waals surface area contributed by atoms with Gasteiger partial charge in [-0.2, -0.15) is 0 Å². The summed E-state index contributed by atoms with van der Waals surface area (Å²) in [5.74, 6) is 0. The van der Waals surface area contributed by atoms with Gasteiger partial charge in [0, 0.05) is 16.8 Å². The fourth-order valence-corrected chi connectivity index (χ4v) is 9.35. The second-order valence-corrected chi connectivity index (χ2v) is 16.7. The van der Waals surface area contributed by atoms with Crippen LogP contribution in [0, 0.1) is 13.8 Å². The Kier molecular flexibility index (Phi) is 9.71. The highest BCUT2D eigenvalue weighted by atomic mass is 15.1. The van der Waals surface area contributed by atoms with Crippen LogP contribution < -0.4 is 4.90 Å². The van der Waals surface area contributed by atoms with Crippen LogP contribution in [0.5, 0.6) is 0 Å². The molecule has 0 heterocycles. The van der Waals surface area contributed by atoms with Crippen molar-refractivity contribution in [2.75, 3.05) is 4.90 Å². The van der Waals surface area contributed by atoms with Crippen LogP contribution in [-0.4, -0.2) is 0 Å². The molecule has 0 spiro atoms. The molecule has 0 saturated carbocycles. The normalized spacial score (nSPS) is 11.6. The van der Waals surface area contributed by atoms with Gasteiger partial charge in [-0.25, -0.2) is 0 Å². The lowest BCUT2D eigenvalue weighted by Crippen LogP contribution is -2.11. The molecule has 0 atom stereocenters. The average molecular weight is 804 g/mol. The molecule has 0 saturated heterocycles. The van der Waals surface area contributed by atoms with Crippen molar-refractivity contribution in [3.05, 3.63) is 247 Å². The van der Waals surface area contributed by atoms with Gasteiger partial charge in [-0.3, -0.25) is 0 Å². The number of benzene rings is 11. The Hall–Kier alpha value is -8.00. The highest BCUT2D eigenvalue weighted by molar-refractivity contribution is 6.20. The van der Waals surface area contributed by atoms with Crippen molar-refractivity contribution < 1.29 is 0 Å². The maximum absolute atomic E-state index is 2.46. The number of nitrogens with zero attached hydrogens (tertiary/aromatic N) is 1. The zero-order valence-electron chi connectivity index (χ0n) is 35.5. The highest BCUT2D eigenvalue weighted by Crippen LogP contribution is 2.51. The van der Waals surface area contributed by atoms with Crippen LogP contribution in [0.15, 0.2) is 224 Å². The van der Waals surface area contributed by atoms with Crippen LogP contribution in [0.4, 0.5) is 17.1 Å². The predicted octanol–water partition coefficient (Wildman–Crippen LogP) is 17.6. The Morgan fingerprint density at radius 3 is 1.40 bits per heavy atom. The van der Waals surface area contributed by atoms with Crippen molar-refractivity contribution >= 4 is 72.3 Å². The van der Waals surface area contributed by atoms with Crippen molar-refractivity contribution in [3.8, 4) is 33.4 Å². The van der Waals surface area contributed by atoms with Crippen molar-refractivity contribution in [2.45, 2.75) is 13.8 Å². The second-order valence-electron chi connectivity index (χ2n) is 16.7. The molecule has 63 heavy (non-hydrogen) atoms. The molecular formula is C62H45N. The topological polar surface area (TPSA) is 3.24 Å². The van der Waals surface area contributed by atoms with Gasteiger partial charge in [-0.05, 0) is 145 Å². The van der Waals surface area contributed by atoms with Crippen molar-refractivity contribution in [2.24, 2.45) is 0 Å². The van der Waals surface area contributed by atoms with E-state index in [0.717, 1.165) is 17.1 Å². The fraction of sp³-hybridized carbons (Fsp3) is 0.0323. The first-order valence-corrected chi connectivity index (χ1v) is 21.8. The summed E-state index contributed by atoms with van der Waals surface area (Å²) in [5, 5.41) is 9.68. The molecule has 0 fully saturated rings. The Morgan fingerprint density at radius 2 is 0.794 bits per heavy atom. The maximum Gasteiger partial charge on any atom is 0.0546 e. The number of hydrogen-bond acceptors (Lipinski definition) is 1.